The van der Waals surface area contributed by atoms with Crippen LogP contribution in [0.15, 0.2) is 22.8 Å². The molecule has 0 bridgehead atoms. The highest BCUT2D eigenvalue weighted by atomic mass is 16.5. The van der Waals surface area contributed by atoms with Gasteiger partial charge in [-0.05, 0) is 57.3 Å². The van der Waals surface area contributed by atoms with Crippen LogP contribution in [0.2, 0.25) is 0 Å². The number of nitrogens with one attached hydrogen (secondary N) is 1. The predicted molar refractivity (Wildman–Crippen MR) is 94.3 cm³/mol. The normalized spacial score (nSPS) is 25.2. The van der Waals surface area contributed by atoms with E-state index in [-0.39, 0.29) is 12.1 Å². The van der Waals surface area contributed by atoms with Gasteiger partial charge in [0, 0.05) is 31.7 Å². The first-order valence-corrected chi connectivity index (χ1v) is 9.71. The van der Waals surface area contributed by atoms with Gasteiger partial charge in [0.2, 0.25) is 0 Å². The van der Waals surface area contributed by atoms with E-state index in [1.165, 1.54) is 12.8 Å². The van der Waals surface area contributed by atoms with Gasteiger partial charge in [-0.15, -0.1) is 0 Å². The molecule has 2 saturated heterocycles. The largest absolute Gasteiger partial charge is 0.468 e. The second kappa shape index (κ2) is 7.79. The number of furan rings is 1. The van der Waals surface area contributed by atoms with E-state index in [0.717, 1.165) is 57.9 Å². The van der Waals surface area contributed by atoms with Gasteiger partial charge in [-0.1, -0.05) is 0 Å². The number of nitrogens with zero attached hydrogens (tertiary/aromatic N) is 2. The van der Waals surface area contributed by atoms with E-state index >= 15 is 0 Å². The van der Waals surface area contributed by atoms with E-state index in [1.54, 1.807) is 6.26 Å². The standard InChI is InChI=1S/C19H29N3O3/c23-19(22(16-5-6-16)13-15-7-11-24-14-15)20-12-17(18-4-3-10-25-18)21-8-1-2-9-21/h3-4,10,15-17H,1-2,5-9,11-14H2,(H,20,23)/t15-,17+/m1/s1. The van der Waals surface area contributed by atoms with E-state index in [0.29, 0.717) is 18.5 Å². The van der Waals surface area contributed by atoms with Gasteiger partial charge < -0.3 is 19.4 Å². The van der Waals surface area contributed by atoms with E-state index in [1.807, 2.05) is 17.0 Å². The van der Waals surface area contributed by atoms with Crippen molar-refractivity contribution in [2.24, 2.45) is 5.92 Å². The van der Waals surface area contributed by atoms with Gasteiger partial charge in [0.15, 0.2) is 0 Å². The Morgan fingerprint density at radius 2 is 2.16 bits per heavy atom. The summed E-state index contributed by atoms with van der Waals surface area (Å²) in [6, 6.07) is 4.58. The van der Waals surface area contributed by atoms with Crippen LogP contribution in [0.3, 0.4) is 0 Å². The van der Waals surface area contributed by atoms with Crippen molar-refractivity contribution >= 4 is 6.03 Å². The van der Waals surface area contributed by atoms with Gasteiger partial charge in [-0.3, -0.25) is 4.90 Å². The number of ether oxygens (including phenoxy) is 1. The summed E-state index contributed by atoms with van der Waals surface area (Å²) in [5.74, 6) is 1.44. The van der Waals surface area contributed by atoms with Crippen molar-refractivity contribution in [1.29, 1.82) is 0 Å². The maximum atomic E-state index is 12.8. The molecule has 6 heteroatoms. The zero-order valence-electron chi connectivity index (χ0n) is 14.9. The third-order valence-corrected chi connectivity index (χ3v) is 5.63. The fourth-order valence-electron chi connectivity index (χ4n) is 4.02. The van der Waals surface area contributed by atoms with Crippen molar-refractivity contribution in [3.63, 3.8) is 0 Å². The van der Waals surface area contributed by atoms with Gasteiger partial charge in [0.1, 0.15) is 5.76 Å². The summed E-state index contributed by atoms with van der Waals surface area (Å²) >= 11 is 0. The van der Waals surface area contributed by atoms with E-state index < -0.39 is 0 Å². The zero-order valence-corrected chi connectivity index (χ0v) is 14.9. The lowest BCUT2D eigenvalue weighted by Gasteiger charge is -2.29. The summed E-state index contributed by atoms with van der Waals surface area (Å²) in [5, 5.41) is 3.19. The van der Waals surface area contributed by atoms with Crippen molar-refractivity contribution in [1.82, 2.24) is 15.1 Å². The Morgan fingerprint density at radius 3 is 2.80 bits per heavy atom. The molecule has 0 spiro atoms. The molecule has 0 radical (unpaired) electrons. The minimum Gasteiger partial charge on any atom is -0.468 e. The van der Waals surface area contributed by atoms with Crippen molar-refractivity contribution in [3.05, 3.63) is 24.2 Å². The van der Waals surface area contributed by atoms with Gasteiger partial charge in [-0.25, -0.2) is 4.79 Å². The number of rotatable bonds is 7. The predicted octanol–water partition coefficient (Wildman–Crippen LogP) is 2.63. The van der Waals surface area contributed by atoms with Gasteiger partial charge in [0.25, 0.3) is 0 Å². The molecular weight excluding hydrogens is 318 g/mol. The van der Waals surface area contributed by atoms with Crippen LogP contribution >= 0.6 is 0 Å². The lowest BCUT2D eigenvalue weighted by molar-refractivity contribution is 0.157. The summed E-state index contributed by atoms with van der Waals surface area (Å²) in [5.41, 5.74) is 0. The Bertz CT molecular complexity index is 546. The number of hydrogen-bond acceptors (Lipinski definition) is 4. The van der Waals surface area contributed by atoms with Crippen LogP contribution < -0.4 is 5.32 Å². The number of urea groups is 1. The average molecular weight is 347 g/mol. The fourth-order valence-corrected chi connectivity index (χ4v) is 4.02. The first kappa shape index (κ1) is 16.9. The molecule has 6 nitrogen and oxygen atoms in total. The Labute approximate surface area is 149 Å². The molecule has 1 aromatic rings. The molecule has 1 saturated carbocycles. The monoisotopic (exact) mass is 347 g/mol. The van der Waals surface area contributed by atoms with E-state index in [9.17, 15) is 4.79 Å². The highest BCUT2D eigenvalue weighted by molar-refractivity contribution is 5.75. The minimum atomic E-state index is 0.0742. The van der Waals surface area contributed by atoms with Gasteiger partial charge in [-0.2, -0.15) is 0 Å². The summed E-state index contributed by atoms with van der Waals surface area (Å²) in [7, 11) is 0. The fraction of sp³-hybridized carbons (Fsp3) is 0.737. The molecule has 3 heterocycles. The third-order valence-electron chi connectivity index (χ3n) is 5.63. The first-order valence-electron chi connectivity index (χ1n) is 9.71. The van der Waals surface area contributed by atoms with Gasteiger partial charge in [0.05, 0.1) is 18.9 Å². The molecule has 3 aliphatic rings. The molecular formula is C19H29N3O3. The Morgan fingerprint density at radius 1 is 1.32 bits per heavy atom. The summed E-state index contributed by atoms with van der Waals surface area (Å²) in [6.45, 7) is 5.21. The third kappa shape index (κ3) is 4.18. The first-order chi connectivity index (χ1) is 12.3. The van der Waals surface area contributed by atoms with Gasteiger partial charge >= 0.3 is 6.03 Å². The van der Waals surface area contributed by atoms with Crippen molar-refractivity contribution < 1.29 is 13.9 Å². The molecule has 138 valence electrons. The van der Waals surface area contributed by atoms with Crippen LogP contribution in [0, 0.1) is 5.92 Å². The number of hydrogen-bond donors (Lipinski definition) is 1. The molecule has 0 unspecified atom stereocenters. The summed E-state index contributed by atoms with van der Waals surface area (Å²) in [4.78, 5) is 17.3. The highest BCUT2D eigenvalue weighted by Gasteiger charge is 2.35. The molecule has 2 atom stereocenters. The quantitative estimate of drug-likeness (QED) is 0.824. The lowest BCUT2D eigenvalue weighted by atomic mass is 10.1. The molecule has 2 aliphatic heterocycles. The van der Waals surface area contributed by atoms with Crippen LogP contribution in [0.25, 0.3) is 0 Å². The van der Waals surface area contributed by atoms with E-state index in [4.69, 9.17) is 9.15 Å². The van der Waals surface area contributed by atoms with Crippen LogP contribution in [0.4, 0.5) is 4.79 Å². The second-order valence-corrected chi connectivity index (χ2v) is 7.57. The molecule has 3 fully saturated rings. The Kier molecular flexibility index (Phi) is 5.27. The molecule has 1 aromatic heterocycles. The number of likely N-dealkylation sites (tertiary alicyclic amines) is 1. The second-order valence-electron chi connectivity index (χ2n) is 7.57. The maximum absolute atomic E-state index is 12.8. The van der Waals surface area contributed by atoms with E-state index in [2.05, 4.69) is 10.2 Å². The van der Waals surface area contributed by atoms with Crippen LogP contribution in [0.1, 0.15) is 43.9 Å². The van der Waals surface area contributed by atoms with Crippen molar-refractivity contribution in [3.8, 4) is 0 Å². The summed E-state index contributed by atoms with van der Waals surface area (Å²) in [6.07, 6.45) is 7.50. The zero-order chi connectivity index (χ0) is 17.1. The molecule has 4 rings (SSSR count). The molecule has 25 heavy (non-hydrogen) atoms. The topological polar surface area (TPSA) is 58.0 Å². The maximum Gasteiger partial charge on any atom is 0.317 e. The van der Waals surface area contributed by atoms with Crippen LogP contribution in [-0.2, 0) is 4.74 Å². The lowest BCUT2D eigenvalue weighted by Crippen LogP contribution is -2.46. The number of amides is 2. The Hall–Kier alpha value is -1.53. The molecule has 0 aromatic carbocycles. The number of carbonyl (C=O) groups is 1. The van der Waals surface area contributed by atoms with Crippen LogP contribution in [-0.4, -0.2) is 61.3 Å². The molecule has 1 N–H and O–H groups in total. The summed E-state index contributed by atoms with van der Waals surface area (Å²) < 4.78 is 11.1. The highest BCUT2D eigenvalue weighted by Crippen LogP contribution is 2.29. The average Bonchev–Trinajstić information content (AvgIpc) is 3.11. The SMILES string of the molecule is O=C(NC[C@@H](c1ccco1)N1CCCC1)N(C[C@H]1CCOC1)C1CC1. The smallest absolute Gasteiger partial charge is 0.317 e. The van der Waals surface area contributed by atoms with Crippen LogP contribution in [0.5, 0.6) is 0 Å². The van der Waals surface area contributed by atoms with Crippen molar-refractivity contribution in [2.75, 3.05) is 39.4 Å². The van der Waals surface area contributed by atoms with Crippen molar-refractivity contribution in [2.45, 2.75) is 44.2 Å². The number of carbonyl (C=O) groups excluding carboxylic acids is 1. The Balaban J connectivity index is 1.36. The minimum absolute atomic E-state index is 0.0742. The molecule has 2 amide bonds. The molecule has 1 aliphatic carbocycles.